The molecule has 1 aromatic carbocycles. The monoisotopic (exact) mass is 298 g/mol. The quantitative estimate of drug-likeness (QED) is 0.625. The van der Waals surface area contributed by atoms with Gasteiger partial charge in [0.15, 0.2) is 0 Å². The number of carbonyl (C=O) groups is 2. The fourth-order valence-corrected chi connectivity index (χ4v) is 4.22. The van der Waals surface area contributed by atoms with Gasteiger partial charge >= 0.3 is 13.6 Å². The van der Waals surface area contributed by atoms with Crippen LogP contribution >= 0.6 is 7.52 Å². The molecule has 0 bridgehead atoms. The van der Waals surface area contributed by atoms with Crippen LogP contribution in [0.3, 0.4) is 0 Å². The minimum atomic E-state index is -3.46. The molecule has 0 aliphatic carbocycles. The average molecular weight is 298 g/mol. The van der Waals surface area contributed by atoms with Crippen molar-refractivity contribution < 1.29 is 23.8 Å². The SMILES string of the molecule is CCOP(=O)(c1ccccc1)N1C[C@H](NC(=O)O)C1=O. The Morgan fingerprint density at radius 3 is 2.65 bits per heavy atom. The van der Waals surface area contributed by atoms with Gasteiger partial charge in [0.2, 0.25) is 0 Å². The number of nitrogens with zero attached hydrogens (tertiary/aromatic N) is 1. The van der Waals surface area contributed by atoms with Crippen molar-refractivity contribution in [3.8, 4) is 0 Å². The van der Waals surface area contributed by atoms with Gasteiger partial charge in [-0.05, 0) is 19.1 Å². The van der Waals surface area contributed by atoms with Crippen molar-refractivity contribution in [2.24, 2.45) is 0 Å². The van der Waals surface area contributed by atoms with E-state index < -0.39 is 25.6 Å². The van der Waals surface area contributed by atoms with Crippen LogP contribution in [0.5, 0.6) is 0 Å². The van der Waals surface area contributed by atoms with Crippen LogP contribution < -0.4 is 10.6 Å². The second kappa shape index (κ2) is 5.64. The predicted octanol–water partition coefficient (Wildman–Crippen LogP) is 1.02. The number of amides is 2. The summed E-state index contributed by atoms with van der Waals surface area (Å²) in [7, 11) is -3.46. The average Bonchev–Trinajstić information content (AvgIpc) is 2.43. The summed E-state index contributed by atoms with van der Waals surface area (Å²) in [6, 6.07) is 7.58. The van der Waals surface area contributed by atoms with Crippen LogP contribution in [0.25, 0.3) is 0 Å². The summed E-state index contributed by atoms with van der Waals surface area (Å²) in [5.74, 6) is -0.534. The van der Waals surface area contributed by atoms with Gasteiger partial charge in [0.1, 0.15) is 6.04 Å². The molecule has 0 radical (unpaired) electrons. The van der Waals surface area contributed by atoms with Gasteiger partial charge in [0.25, 0.3) is 5.91 Å². The molecule has 0 aromatic heterocycles. The summed E-state index contributed by atoms with van der Waals surface area (Å²) in [5.41, 5.74) is 0. The van der Waals surface area contributed by atoms with Gasteiger partial charge in [-0.2, -0.15) is 0 Å². The van der Waals surface area contributed by atoms with Crippen molar-refractivity contribution in [2.45, 2.75) is 13.0 Å². The van der Waals surface area contributed by atoms with Crippen molar-refractivity contribution in [1.29, 1.82) is 0 Å². The van der Waals surface area contributed by atoms with Gasteiger partial charge < -0.3 is 14.9 Å². The van der Waals surface area contributed by atoms with E-state index in [-0.39, 0.29) is 13.2 Å². The maximum atomic E-state index is 12.9. The first-order valence-electron chi connectivity index (χ1n) is 6.10. The molecular formula is C12H15N2O5P. The first kappa shape index (κ1) is 14.6. The summed E-state index contributed by atoms with van der Waals surface area (Å²) in [4.78, 5) is 22.5. The van der Waals surface area contributed by atoms with Crippen molar-refractivity contribution in [3.63, 3.8) is 0 Å². The lowest BCUT2D eigenvalue weighted by Crippen LogP contribution is -2.62. The normalized spacial score (nSPS) is 20.9. The molecule has 1 unspecified atom stereocenters. The summed E-state index contributed by atoms with van der Waals surface area (Å²) >= 11 is 0. The van der Waals surface area contributed by atoms with E-state index in [2.05, 4.69) is 5.32 Å². The lowest BCUT2D eigenvalue weighted by molar-refractivity contribution is -0.137. The number of carbonyl (C=O) groups excluding carboxylic acids is 1. The first-order valence-corrected chi connectivity index (χ1v) is 7.68. The van der Waals surface area contributed by atoms with Crippen LogP contribution in [0.4, 0.5) is 4.79 Å². The van der Waals surface area contributed by atoms with Gasteiger partial charge in [0, 0.05) is 0 Å². The highest BCUT2D eigenvalue weighted by Crippen LogP contribution is 2.52. The van der Waals surface area contributed by atoms with Gasteiger partial charge in [0.05, 0.1) is 18.5 Å². The Balaban J connectivity index is 2.22. The van der Waals surface area contributed by atoms with E-state index in [4.69, 9.17) is 9.63 Å². The van der Waals surface area contributed by atoms with E-state index >= 15 is 0 Å². The molecule has 2 rings (SSSR count). The zero-order chi connectivity index (χ0) is 14.8. The van der Waals surface area contributed by atoms with Crippen molar-refractivity contribution >= 4 is 24.8 Å². The smallest absolute Gasteiger partial charge is 0.405 e. The molecule has 1 saturated heterocycles. The molecule has 108 valence electrons. The number of carboxylic acid groups (broad SMARTS) is 1. The maximum absolute atomic E-state index is 12.9. The highest BCUT2D eigenvalue weighted by Gasteiger charge is 2.49. The Morgan fingerprint density at radius 1 is 1.50 bits per heavy atom. The third-order valence-corrected chi connectivity index (χ3v) is 5.47. The van der Waals surface area contributed by atoms with E-state index in [9.17, 15) is 14.2 Å². The molecule has 1 aliphatic heterocycles. The fraction of sp³-hybridized carbons (Fsp3) is 0.333. The highest BCUT2D eigenvalue weighted by atomic mass is 31.2. The number of hydrogen-bond acceptors (Lipinski definition) is 4. The van der Waals surface area contributed by atoms with Crippen LogP contribution in [0.15, 0.2) is 30.3 Å². The zero-order valence-corrected chi connectivity index (χ0v) is 11.7. The Morgan fingerprint density at radius 2 is 2.15 bits per heavy atom. The fourth-order valence-electron chi connectivity index (χ4n) is 1.98. The van der Waals surface area contributed by atoms with E-state index in [0.717, 1.165) is 4.67 Å². The highest BCUT2D eigenvalue weighted by molar-refractivity contribution is 7.65. The number of β-lactam (4-membered cyclic amide) rings is 1. The van der Waals surface area contributed by atoms with Crippen LogP contribution in [0.2, 0.25) is 0 Å². The second-order valence-corrected chi connectivity index (χ2v) is 6.49. The number of benzene rings is 1. The standard InChI is InChI=1S/C12H15N2O5P/c1-2-19-20(18,9-6-4-3-5-7-9)14-8-10(11(14)15)13-12(16)17/h3-7,10,13H,2,8H2,1H3,(H,16,17)/t10-,20?/m0/s1. The van der Waals surface area contributed by atoms with Crippen molar-refractivity contribution in [1.82, 2.24) is 9.99 Å². The van der Waals surface area contributed by atoms with Crippen LogP contribution in [-0.2, 0) is 13.9 Å². The Bertz CT molecular complexity index is 562. The largest absolute Gasteiger partial charge is 0.465 e. The third-order valence-electron chi connectivity index (χ3n) is 2.91. The minimum absolute atomic E-state index is 0.0390. The topological polar surface area (TPSA) is 95.9 Å². The third kappa shape index (κ3) is 2.55. The predicted molar refractivity (Wildman–Crippen MR) is 72.0 cm³/mol. The summed E-state index contributed by atoms with van der Waals surface area (Å²) < 4.78 is 19.4. The molecule has 1 aromatic rings. The minimum Gasteiger partial charge on any atom is -0.465 e. The van der Waals surface area contributed by atoms with Gasteiger partial charge in [-0.3, -0.25) is 14.0 Å². The van der Waals surface area contributed by atoms with Crippen LogP contribution in [-0.4, -0.2) is 41.0 Å². The van der Waals surface area contributed by atoms with E-state index in [1.54, 1.807) is 37.3 Å². The Kier molecular flexibility index (Phi) is 4.11. The summed E-state index contributed by atoms with van der Waals surface area (Å²) in [5, 5.41) is 11.1. The van der Waals surface area contributed by atoms with E-state index in [1.807, 2.05) is 0 Å². The Hall–Kier alpha value is -1.85. The number of rotatable bonds is 5. The molecule has 8 heteroatoms. The van der Waals surface area contributed by atoms with E-state index in [0.29, 0.717) is 5.30 Å². The van der Waals surface area contributed by atoms with Crippen LogP contribution in [0.1, 0.15) is 6.92 Å². The van der Waals surface area contributed by atoms with Gasteiger partial charge in [-0.25, -0.2) is 4.79 Å². The first-order chi connectivity index (χ1) is 9.49. The number of hydrogen-bond donors (Lipinski definition) is 2. The molecule has 2 amide bonds. The van der Waals surface area contributed by atoms with Crippen LogP contribution in [0, 0.1) is 0 Å². The molecule has 0 saturated carbocycles. The van der Waals surface area contributed by atoms with Gasteiger partial charge in [-0.15, -0.1) is 0 Å². The molecule has 1 fully saturated rings. The molecule has 1 heterocycles. The molecule has 0 spiro atoms. The zero-order valence-electron chi connectivity index (χ0n) is 10.9. The molecule has 7 nitrogen and oxygen atoms in total. The van der Waals surface area contributed by atoms with Gasteiger partial charge in [-0.1, -0.05) is 18.2 Å². The lowest BCUT2D eigenvalue weighted by atomic mass is 10.2. The summed E-state index contributed by atoms with van der Waals surface area (Å²) in [6.45, 7) is 1.91. The molecule has 20 heavy (non-hydrogen) atoms. The molecule has 1 aliphatic rings. The second-order valence-electron chi connectivity index (χ2n) is 4.20. The van der Waals surface area contributed by atoms with Crippen molar-refractivity contribution in [3.05, 3.63) is 30.3 Å². The van der Waals surface area contributed by atoms with E-state index in [1.165, 1.54) is 0 Å². The number of nitrogens with one attached hydrogen (secondary N) is 1. The maximum Gasteiger partial charge on any atom is 0.405 e. The van der Waals surface area contributed by atoms with Crippen molar-refractivity contribution in [2.75, 3.05) is 13.2 Å². The Labute approximate surface area is 116 Å². The lowest BCUT2D eigenvalue weighted by Gasteiger charge is -2.42. The molecule has 2 N–H and O–H groups in total. The molecule has 2 atom stereocenters. The summed E-state index contributed by atoms with van der Waals surface area (Å²) in [6.07, 6.45) is -1.28. The molecular weight excluding hydrogens is 283 g/mol.